The molecule has 2 N–H and O–H groups in total. The molecule has 0 aliphatic carbocycles. The van der Waals surface area contributed by atoms with Crippen LogP contribution in [0.4, 0.5) is 13.2 Å². The van der Waals surface area contributed by atoms with Crippen molar-refractivity contribution in [1.82, 2.24) is 0 Å². The Morgan fingerprint density at radius 1 is 1.25 bits per heavy atom. The van der Waals surface area contributed by atoms with Gasteiger partial charge in [0, 0.05) is 10.0 Å². The Morgan fingerprint density at radius 2 is 1.95 bits per heavy atom. The topological polar surface area (TPSA) is 39.2 Å². The molecule has 1 aromatic carbocycles. The molecule has 2 rings (SSSR count). The minimum absolute atomic E-state index is 0.252. The molecular formula is C14H13BrF3NO. The molecular weight excluding hydrogens is 335 g/mol. The molecule has 0 radical (unpaired) electrons. The lowest BCUT2D eigenvalue weighted by Gasteiger charge is -2.09. The van der Waals surface area contributed by atoms with Crippen LogP contribution in [0, 0.1) is 0 Å². The summed E-state index contributed by atoms with van der Waals surface area (Å²) in [4.78, 5) is 0. The van der Waals surface area contributed by atoms with Gasteiger partial charge < -0.3 is 10.2 Å². The summed E-state index contributed by atoms with van der Waals surface area (Å²) in [7, 11) is 0. The number of benzene rings is 1. The molecule has 0 saturated heterocycles. The number of hydrogen-bond acceptors (Lipinski definition) is 2. The molecule has 20 heavy (non-hydrogen) atoms. The average Bonchev–Trinajstić information content (AvgIpc) is 2.85. The number of furan rings is 1. The highest BCUT2D eigenvalue weighted by molar-refractivity contribution is 9.10. The van der Waals surface area contributed by atoms with Crippen molar-refractivity contribution in [2.45, 2.75) is 25.6 Å². The molecule has 0 saturated carbocycles. The van der Waals surface area contributed by atoms with Crippen LogP contribution >= 0.6 is 15.9 Å². The molecule has 0 bridgehead atoms. The van der Waals surface area contributed by atoms with Gasteiger partial charge in [0.2, 0.25) is 0 Å². The summed E-state index contributed by atoms with van der Waals surface area (Å²) >= 11 is 3.09. The molecule has 0 spiro atoms. The van der Waals surface area contributed by atoms with E-state index in [0.717, 1.165) is 12.1 Å². The van der Waals surface area contributed by atoms with Crippen LogP contribution < -0.4 is 5.73 Å². The van der Waals surface area contributed by atoms with E-state index in [0.29, 0.717) is 28.0 Å². The quantitative estimate of drug-likeness (QED) is 0.834. The zero-order valence-electron chi connectivity index (χ0n) is 10.7. The molecule has 1 aromatic heterocycles. The highest BCUT2D eigenvalue weighted by atomic mass is 79.9. The summed E-state index contributed by atoms with van der Waals surface area (Å²) in [5.41, 5.74) is 5.47. The smallest absolute Gasteiger partial charge is 0.416 e. The summed E-state index contributed by atoms with van der Waals surface area (Å²) in [6.45, 7) is 1.91. The summed E-state index contributed by atoms with van der Waals surface area (Å²) in [6, 6.07) is 6.74. The Balaban J connectivity index is 2.42. The lowest BCUT2D eigenvalue weighted by molar-refractivity contribution is -0.137. The molecule has 1 heterocycles. The van der Waals surface area contributed by atoms with E-state index in [1.807, 2.05) is 6.92 Å². The largest absolute Gasteiger partial charge is 0.459 e. The fraction of sp³-hybridized carbons (Fsp3) is 0.286. The lowest BCUT2D eigenvalue weighted by atomic mass is 10.1. The standard InChI is InChI=1S/C14H13BrF3NO/c1-2-11(19)13-4-3-12(20-13)8-5-9(14(16,17)18)7-10(15)6-8/h3-7,11H,2,19H2,1H3. The molecule has 0 fully saturated rings. The molecule has 0 aliphatic rings. The minimum atomic E-state index is -4.40. The van der Waals surface area contributed by atoms with Crippen molar-refractivity contribution < 1.29 is 17.6 Å². The summed E-state index contributed by atoms with van der Waals surface area (Å²) in [5, 5.41) is 0. The van der Waals surface area contributed by atoms with E-state index < -0.39 is 11.7 Å². The van der Waals surface area contributed by atoms with Crippen LogP contribution in [0.5, 0.6) is 0 Å². The number of rotatable bonds is 3. The van der Waals surface area contributed by atoms with Crippen molar-refractivity contribution in [2.24, 2.45) is 5.73 Å². The van der Waals surface area contributed by atoms with Crippen molar-refractivity contribution >= 4 is 15.9 Å². The van der Waals surface area contributed by atoms with Crippen LogP contribution in [0.3, 0.4) is 0 Å². The van der Waals surface area contributed by atoms with E-state index in [-0.39, 0.29) is 6.04 Å². The fourth-order valence-corrected chi connectivity index (χ4v) is 2.30. The molecule has 2 nitrogen and oxygen atoms in total. The van der Waals surface area contributed by atoms with Gasteiger partial charge in [-0.1, -0.05) is 22.9 Å². The predicted octanol–water partition coefficient (Wildman–Crippen LogP) is 5.14. The van der Waals surface area contributed by atoms with Crippen LogP contribution in [0.1, 0.15) is 30.7 Å². The second-order valence-corrected chi connectivity index (χ2v) is 5.36. The van der Waals surface area contributed by atoms with Gasteiger partial charge in [0.1, 0.15) is 11.5 Å². The number of alkyl halides is 3. The maximum absolute atomic E-state index is 12.8. The predicted molar refractivity (Wildman–Crippen MR) is 74.1 cm³/mol. The van der Waals surface area contributed by atoms with Gasteiger partial charge in [-0.2, -0.15) is 13.2 Å². The minimum Gasteiger partial charge on any atom is -0.459 e. The number of halogens is 4. The Morgan fingerprint density at radius 3 is 2.55 bits per heavy atom. The van der Waals surface area contributed by atoms with Crippen molar-refractivity contribution in [1.29, 1.82) is 0 Å². The molecule has 1 atom stereocenters. The monoisotopic (exact) mass is 347 g/mol. The second kappa shape index (κ2) is 5.61. The van der Waals surface area contributed by atoms with E-state index in [1.165, 1.54) is 0 Å². The van der Waals surface area contributed by atoms with Gasteiger partial charge in [0.05, 0.1) is 11.6 Å². The Kier molecular flexibility index (Phi) is 4.25. The van der Waals surface area contributed by atoms with Crippen LogP contribution in [0.25, 0.3) is 11.3 Å². The van der Waals surface area contributed by atoms with Crippen molar-refractivity contribution in [3.8, 4) is 11.3 Å². The van der Waals surface area contributed by atoms with Gasteiger partial charge >= 0.3 is 6.18 Å². The van der Waals surface area contributed by atoms with E-state index >= 15 is 0 Å². The maximum atomic E-state index is 12.8. The Labute approximate surface area is 122 Å². The molecule has 1 unspecified atom stereocenters. The SMILES string of the molecule is CCC(N)c1ccc(-c2cc(Br)cc(C(F)(F)F)c2)o1. The fourth-order valence-electron chi connectivity index (χ4n) is 1.80. The van der Waals surface area contributed by atoms with Crippen molar-refractivity contribution in [2.75, 3.05) is 0 Å². The normalized spacial score (nSPS) is 13.5. The maximum Gasteiger partial charge on any atom is 0.416 e. The second-order valence-electron chi connectivity index (χ2n) is 4.44. The lowest BCUT2D eigenvalue weighted by Crippen LogP contribution is -2.06. The van der Waals surface area contributed by atoms with Crippen LogP contribution in [0.2, 0.25) is 0 Å². The van der Waals surface area contributed by atoms with Crippen molar-refractivity contribution in [3.05, 3.63) is 46.1 Å². The van der Waals surface area contributed by atoms with E-state index in [4.69, 9.17) is 10.2 Å². The summed E-state index contributed by atoms with van der Waals surface area (Å²) in [6.07, 6.45) is -3.70. The zero-order valence-corrected chi connectivity index (χ0v) is 12.3. The first-order chi connectivity index (χ1) is 9.31. The highest BCUT2D eigenvalue weighted by Gasteiger charge is 2.31. The van der Waals surface area contributed by atoms with Crippen molar-refractivity contribution in [3.63, 3.8) is 0 Å². The third-order valence-electron chi connectivity index (χ3n) is 2.94. The zero-order chi connectivity index (χ0) is 14.9. The first-order valence-electron chi connectivity index (χ1n) is 6.04. The first-order valence-corrected chi connectivity index (χ1v) is 6.84. The Hall–Kier alpha value is -1.27. The number of nitrogens with two attached hydrogens (primary N) is 1. The van der Waals surface area contributed by atoms with E-state index in [9.17, 15) is 13.2 Å². The first kappa shape index (κ1) is 15.1. The van der Waals surface area contributed by atoms with Crippen LogP contribution in [-0.2, 0) is 6.18 Å². The van der Waals surface area contributed by atoms with Gasteiger partial charge in [-0.3, -0.25) is 0 Å². The molecule has 2 aromatic rings. The third kappa shape index (κ3) is 3.24. The van der Waals surface area contributed by atoms with Gasteiger partial charge in [0.15, 0.2) is 0 Å². The number of hydrogen-bond donors (Lipinski definition) is 1. The van der Waals surface area contributed by atoms with Gasteiger partial charge in [-0.15, -0.1) is 0 Å². The van der Waals surface area contributed by atoms with E-state index in [1.54, 1.807) is 18.2 Å². The third-order valence-corrected chi connectivity index (χ3v) is 3.40. The molecule has 108 valence electrons. The summed E-state index contributed by atoms with van der Waals surface area (Å²) < 4.78 is 44.2. The molecule has 0 amide bonds. The van der Waals surface area contributed by atoms with Gasteiger partial charge in [-0.05, 0) is 36.8 Å². The Bertz CT molecular complexity index is 607. The highest BCUT2D eigenvalue weighted by Crippen LogP contribution is 2.35. The summed E-state index contributed by atoms with van der Waals surface area (Å²) in [5.74, 6) is 0.937. The van der Waals surface area contributed by atoms with Gasteiger partial charge in [-0.25, -0.2) is 0 Å². The molecule has 6 heteroatoms. The molecule has 0 aliphatic heterocycles. The van der Waals surface area contributed by atoms with Crippen LogP contribution in [0.15, 0.2) is 39.2 Å². The van der Waals surface area contributed by atoms with Crippen LogP contribution in [-0.4, -0.2) is 0 Å². The average molecular weight is 348 g/mol. The van der Waals surface area contributed by atoms with E-state index in [2.05, 4.69) is 15.9 Å². The van der Waals surface area contributed by atoms with Gasteiger partial charge in [0.25, 0.3) is 0 Å².